The predicted octanol–water partition coefficient (Wildman–Crippen LogP) is 0.716. The quantitative estimate of drug-likeness (QED) is 0.545. The van der Waals surface area contributed by atoms with E-state index in [1.165, 1.54) is 35.2 Å². The van der Waals surface area contributed by atoms with Crippen LogP contribution in [0.25, 0.3) is 0 Å². The van der Waals surface area contributed by atoms with Crippen LogP contribution in [0.3, 0.4) is 0 Å². The van der Waals surface area contributed by atoms with Gasteiger partial charge in [0.25, 0.3) is 5.69 Å². The number of nitro benzene ring substituents is 1. The molecule has 1 aliphatic heterocycles. The molecule has 0 amide bonds. The highest BCUT2D eigenvalue weighted by atomic mass is 32.2. The van der Waals surface area contributed by atoms with Gasteiger partial charge in [0.05, 0.1) is 36.0 Å². The highest BCUT2D eigenvalue weighted by molar-refractivity contribution is 7.89. The van der Waals surface area contributed by atoms with E-state index in [1.54, 1.807) is 0 Å². The summed E-state index contributed by atoms with van der Waals surface area (Å²) in [5.74, 6) is 0. The number of quaternary nitrogens is 1. The standard InChI is InChI=1S/C19H24N4O4S/c1-15-5-3-4-6-16(15)14-21-9-11-22(12-10-21)18-8-7-17(28(26,27)20-2)13-19(18)23(24)25/h3-8,13,20H,9-12,14H2,1-2H3/p+1. The Morgan fingerprint density at radius 2 is 1.86 bits per heavy atom. The number of sulfonamides is 1. The number of piperazine rings is 1. The molecule has 0 aromatic heterocycles. The second-order valence-corrected chi connectivity index (χ2v) is 8.84. The molecule has 2 aromatic carbocycles. The van der Waals surface area contributed by atoms with Gasteiger partial charge in [0.1, 0.15) is 12.2 Å². The molecule has 0 radical (unpaired) electrons. The molecule has 1 fully saturated rings. The molecular weight excluding hydrogens is 380 g/mol. The van der Waals surface area contributed by atoms with E-state index in [4.69, 9.17) is 0 Å². The van der Waals surface area contributed by atoms with Crippen molar-refractivity contribution in [3.63, 3.8) is 0 Å². The van der Waals surface area contributed by atoms with Crippen LogP contribution in [0, 0.1) is 17.0 Å². The minimum atomic E-state index is -3.73. The summed E-state index contributed by atoms with van der Waals surface area (Å²) in [6, 6.07) is 12.4. The normalized spacial score (nSPS) is 15.6. The van der Waals surface area contributed by atoms with Crippen LogP contribution in [0.4, 0.5) is 11.4 Å². The van der Waals surface area contributed by atoms with E-state index in [2.05, 4.69) is 23.8 Å². The van der Waals surface area contributed by atoms with Crippen LogP contribution >= 0.6 is 0 Å². The summed E-state index contributed by atoms with van der Waals surface area (Å²) >= 11 is 0. The Morgan fingerprint density at radius 3 is 2.46 bits per heavy atom. The Bertz CT molecular complexity index is 970. The van der Waals surface area contributed by atoms with Crippen molar-refractivity contribution in [3.05, 3.63) is 63.7 Å². The zero-order chi connectivity index (χ0) is 20.3. The zero-order valence-corrected chi connectivity index (χ0v) is 16.8. The van der Waals surface area contributed by atoms with Gasteiger partial charge < -0.3 is 9.80 Å². The molecule has 8 nitrogen and oxygen atoms in total. The van der Waals surface area contributed by atoms with Crippen molar-refractivity contribution in [1.82, 2.24) is 4.72 Å². The Kier molecular flexibility index (Phi) is 5.97. The molecule has 1 saturated heterocycles. The number of rotatable bonds is 6. The van der Waals surface area contributed by atoms with Gasteiger partial charge in [0.15, 0.2) is 0 Å². The van der Waals surface area contributed by atoms with Crippen molar-refractivity contribution in [2.75, 3.05) is 38.1 Å². The molecule has 0 aliphatic carbocycles. The number of hydrogen-bond donors (Lipinski definition) is 2. The van der Waals surface area contributed by atoms with Crippen LogP contribution in [0.2, 0.25) is 0 Å². The summed E-state index contributed by atoms with van der Waals surface area (Å²) in [5, 5.41) is 11.5. The number of benzene rings is 2. The van der Waals surface area contributed by atoms with Gasteiger partial charge in [-0.15, -0.1) is 0 Å². The third kappa shape index (κ3) is 4.32. The number of anilines is 1. The first-order valence-corrected chi connectivity index (χ1v) is 10.6. The highest BCUT2D eigenvalue weighted by Crippen LogP contribution is 2.30. The fourth-order valence-electron chi connectivity index (χ4n) is 3.52. The van der Waals surface area contributed by atoms with Crippen LogP contribution in [-0.2, 0) is 16.6 Å². The fourth-order valence-corrected chi connectivity index (χ4v) is 4.27. The maximum absolute atomic E-state index is 12.0. The minimum absolute atomic E-state index is 0.103. The lowest BCUT2D eigenvalue weighted by Crippen LogP contribution is -3.13. The van der Waals surface area contributed by atoms with Gasteiger partial charge in [0.2, 0.25) is 10.0 Å². The number of nitrogens with one attached hydrogen (secondary N) is 2. The Hall–Kier alpha value is -2.49. The monoisotopic (exact) mass is 405 g/mol. The van der Waals surface area contributed by atoms with E-state index in [0.29, 0.717) is 18.8 Å². The third-order valence-electron chi connectivity index (χ3n) is 5.24. The van der Waals surface area contributed by atoms with E-state index < -0.39 is 14.9 Å². The van der Waals surface area contributed by atoms with Crippen LogP contribution in [0.1, 0.15) is 11.1 Å². The summed E-state index contributed by atoms with van der Waals surface area (Å²) in [6.07, 6.45) is 0. The van der Waals surface area contributed by atoms with Gasteiger partial charge in [-0.25, -0.2) is 13.1 Å². The van der Waals surface area contributed by atoms with Gasteiger partial charge in [-0.2, -0.15) is 0 Å². The molecule has 3 rings (SSSR count). The predicted molar refractivity (Wildman–Crippen MR) is 107 cm³/mol. The third-order valence-corrected chi connectivity index (χ3v) is 6.65. The number of hydrogen-bond acceptors (Lipinski definition) is 5. The number of aryl methyl sites for hydroxylation is 1. The van der Waals surface area contributed by atoms with Gasteiger partial charge >= 0.3 is 0 Å². The van der Waals surface area contributed by atoms with Crippen LogP contribution in [0.5, 0.6) is 0 Å². The summed E-state index contributed by atoms with van der Waals surface area (Å²) in [4.78, 5) is 14.3. The molecule has 2 aromatic rings. The second kappa shape index (κ2) is 8.26. The zero-order valence-electron chi connectivity index (χ0n) is 16.0. The molecule has 0 spiro atoms. The molecule has 1 heterocycles. The van der Waals surface area contributed by atoms with Gasteiger partial charge in [-0.1, -0.05) is 24.3 Å². The molecule has 0 unspecified atom stereocenters. The Balaban J connectivity index is 1.75. The van der Waals surface area contributed by atoms with E-state index in [1.807, 2.05) is 17.0 Å². The molecule has 28 heavy (non-hydrogen) atoms. The van der Waals surface area contributed by atoms with Gasteiger partial charge in [-0.3, -0.25) is 10.1 Å². The van der Waals surface area contributed by atoms with Crippen molar-refractivity contribution >= 4 is 21.4 Å². The van der Waals surface area contributed by atoms with Crippen molar-refractivity contribution in [1.29, 1.82) is 0 Å². The van der Waals surface area contributed by atoms with Crippen LogP contribution < -0.4 is 14.5 Å². The van der Waals surface area contributed by atoms with E-state index in [9.17, 15) is 18.5 Å². The average molecular weight is 406 g/mol. The summed E-state index contributed by atoms with van der Waals surface area (Å²) in [6.45, 7) is 6.13. The first-order chi connectivity index (χ1) is 13.3. The average Bonchev–Trinajstić information content (AvgIpc) is 2.70. The Labute approximate surface area is 165 Å². The molecule has 1 aliphatic rings. The number of nitro groups is 1. The first kappa shape index (κ1) is 20.2. The second-order valence-electron chi connectivity index (χ2n) is 6.96. The van der Waals surface area contributed by atoms with Crippen molar-refractivity contribution < 1.29 is 18.2 Å². The molecular formula is C19H25N4O4S+. The first-order valence-electron chi connectivity index (χ1n) is 9.17. The molecule has 2 N–H and O–H groups in total. The highest BCUT2D eigenvalue weighted by Gasteiger charge is 2.27. The Morgan fingerprint density at radius 1 is 1.18 bits per heavy atom. The molecule has 0 bridgehead atoms. The summed E-state index contributed by atoms with van der Waals surface area (Å²) in [7, 11) is -2.44. The van der Waals surface area contributed by atoms with Gasteiger partial charge in [0, 0.05) is 11.6 Å². The molecule has 150 valence electrons. The molecule has 0 atom stereocenters. The maximum atomic E-state index is 12.0. The number of nitrogens with zero attached hydrogens (tertiary/aromatic N) is 2. The SMILES string of the molecule is CNS(=O)(=O)c1ccc(N2CC[NH+](Cc3ccccc3C)CC2)c([N+](=O)[O-])c1. The minimum Gasteiger partial charge on any atom is -0.355 e. The van der Waals surface area contributed by atoms with Crippen molar-refractivity contribution in [2.45, 2.75) is 18.4 Å². The maximum Gasteiger partial charge on any atom is 0.293 e. The summed E-state index contributed by atoms with van der Waals surface area (Å²) < 4.78 is 26.1. The van der Waals surface area contributed by atoms with Crippen LogP contribution in [-0.4, -0.2) is 46.6 Å². The van der Waals surface area contributed by atoms with Crippen molar-refractivity contribution in [2.24, 2.45) is 0 Å². The largest absolute Gasteiger partial charge is 0.355 e. The van der Waals surface area contributed by atoms with Crippen molar-refractivity contribution in [3.8, 4) is 0 Å². The lowest BCUT2D eigenvalue weighted by molar-refractivity contribution is -0.914. The van der Waals surface area contributed by atoms with E-state index >= 15 is 0 Å². The lowest BCUT2D eigenvalue weighted by Gasteiger charge is -2.33. The van der Waals surface area contributed by atoms with Crippen LogP contribution in [0.15, 0.2) is 47.4 Å². The lowest BCUT2D eigenvalue weighted by atomic mass is 10.1. The van der Waals surface area contributed by atoms with E-state index in [0.717, 1.165) is 25.7 Å². The fraction of sp³-hybridized carbons (Fsp3) is 0.368. The van der Waals surface area contributed by atoms with E-state index in [-0.39, 0.29) is 10.6 Å². The molecule has 9 heteroatoms. The smallest absolute Gasteiger partial charge is 0.293 e. The topological polar surface area (TPSA) is 97.0 Å². The summed E-state index contributed by atoms with van der Waals surface area (Å²) in [5.41, 5.74) is 2.88. The van der Waals surface area contributed by atoms with Gasteiger partial charge in [-0.05, 0) is 31.7 Å². The molecule has 0 saturated carbocycles.